The van der Waals surface area contributed by atoms with Gasteiger partial charge in [-0.25, -0.2) is 9.37 Å². The minimum atomic E-state index is -0.321. The SMILES string of the molecule is CNC(Cc1nccs1)Cc1cccc(Cl)c1F. The molecule has 0 aliphatic carbocycles. The molecule has 2 rings (SSSR count). The lowest BCUT2D eigenvalue weighted by Crippen LogP contribution is -2.30. The lowest BCUT2D eigenvalue weighted by Gasteiger charge is -2.15. The third kappa shape index (κ3) is 3.28. The van der Waals surface area contributed by atoms with E-state index in [0.29, 0.717) is 12.0 Å². The Kier molecular flexibility index (Phi) is 4.69. The Morgan fingerprint density at radius 3 is 2.94 bits per heavy atom. The van der Waals surface area contributed by atoms with Crippen LogP contribution in [0.3, 0.4) is 0 Å². The molecule has 0 aliphatic heterocycles. The zero-order chi connectivity index (χ0) is 13.0. The summed E-state index contributed by atoms with van der Waals surface area (Å²) >= 11 is 7.39. The van der Waals surface area contributed by atoms with Crippen molar-refractivity contribution >= 4 is 22.9 Å². The first kappa shape index (κ1) is 13.5. The van der Waals surface area contributed by atoms with E-state index in [1.807, 2.05) is 12.4 Å². The van der Waals surface area contributed by atoms with Crippen molar-refractivity contribution in [3.63, 3.8) is 0 Å². The number of nitrogens with one attached hydrogen (secondary N) is 1. The second kappa shape index (κ2) is 6.27. The summed E-state index contributed by atoms with van der Waals surface area (Å²) in [6, 6.07) is 5.27. The fourth-order valence-corrected chi connectivity index (χ4v) is 2.70. The highest BCUT2D eigenvalue weighted by molar-refractivity contribution is 7.09. The van der Waals surface area contributed by atoms with Gasteiger partial charge in [-0.15, -0.1) is 11.3 Å². The summed E-state index contributed by atoms with van der Waals surface area (Å²) in [6.45, 7) is 0. The van der Waals surface area contributed by atoms with Crippen LogP contribution in [0.4, 0.5) is 4.39 Å². The smallest absolute Gasteiger partial charge is 0.145 e. The molecule has 96 valence electrons. The van der Waals surface area contributed by atoms with Crippen molar-refractivity contribution in [2.45, 2.75) is 18.9 Å². The summed E-state index contributed by atoms with van der Waals surface area (Å²) in [5.41, 5.74) is 0.637. The molecule has 0 fully saturated rings. The van der Waals surface area contributed by atoms with Crippen molar-refractivity contribution in [2.75, 3.05) is 7.05 Å². The van der Waals surface area contributed by atoms with E-state index in [1.54, 1.807) is 35.7 Å². The van der Waals surface area contributed by atoms with Gasteiger partial charge in [-0.3, -0.25) is 0 Å². The van der Waals surface area contributed by atoms with Gasteiger partial charge in [-0.05, 0) is 25.1 Å². The molecule has 1 N–H and O–H groups in total. The van der Waals surface area contributed by atoms with Crippen LogP contribution in [0, 0.1) is 5.82 Å². The monoisotopic (exact) mass is 284 g/mol. The molecule has 1 unspecified atom stereocenters. The quantitative estimate of drug-likeness (QED) is 0.911. The third-order valence-corrected chi connectivity index (χ3v) is 3.90. The topological polar surface area (TPSA) is 24.9 Å². The first-order valence-corrected chi connectivity index (χ1v) is 6.95. The highest BCUT2D eigenvalue weighted by atomic mass is 35.5. The average molecular weight is 285 g/mol. The average Bonchev–Trinajstić information content (AvgIpc) is 2.86. The summed E-state index contributed by atoms with van der Waals surface area (Å²) < 4.78 is 13.8. The van der Waals surface area contributed by atoms with Crippen LogP contribution in [-0.2, 0) is 12.8 Å². The molecule has 0 aliphatic rings. The molecule has 1 atom stereocenters. The Morgan fingerprint density at radius 2 is 2.28 bits per heavy atom. The fourth-order valence-electron chi connectivity index (χ4n) is 1.81. The van der Waals surface area contributed by atoms with Crippen LogP contribution in [0.1, 0.15) is 10.6 Å². The van der Waals surface area contributed by atoms with Gasteiger partial charge >= 0.3 is 0 Å². The second-order valence-corrected chi connectivity index (χ2v) is 5.42. The molecule has 0 radical (unpaired) electrons. The molecule has 0 bridgehead atoms. The maximum Gasteiger partial charge on any atom is 0.145 e. The van der Waals surface area contributed by atoms with Crippen LogP contribution in [-0.4, -0.2) is 18.1 Å². The van der Waals surface area contributed by atoms with Crippen molar-refractivity contribution in [2.24, 2.45) is 0 Å². The van der Waals surface area contributed by atoms with E-state index in [2.05, 4.69) is 10.3 Å². The van der Waals surface area contributed by atoms with Crippen molar-refractivity contribution in [1.82, 2.24) is 10.3 Å². The van der Waals surface area contributed by atoms with Crippen LogP contribution in [0.15, 0.2) is 29.8 Å². The molecule has 0 amide bonds. The van der Waals surface area contributed by atoms with Crippen molar-refractivity contribution in [1.29, 1.82) is 0 Å². The zero-order valence-corrected chi connectivity index (χ0v) is 11.6. The minimum absolute atomic E-state index is 0.157. The van der Waals surface area contributed by atoms with Crippen molar-refractivity contribution < 1.29 is 4.39 Å². The fraction of sp³-hybridized carbons (Fsp3) is 0.308. The van der Waals surface area contributed by atoms with E-state index in [0.717, 1.165) is 11.4 Å². The van der Waals surface area contributed by atoms with E-state index < -0.39 is 0 Å². The van der Waals surface area contributed by atoms with E-state index in [4.69, 9.17) is 11.6 Å². The number of rotatable bonds is 5. The van der Waals surface area contributed by atoms with Crippen LogP contribution >= 0.6 is 22.9 Å². The number of hydrogen-bond donors (Lipinski definition) is 1. The summed E-state index contributed by atoms with van der Waals surface area (Å²) in [7, 11) is 1.88. The van der Waals surface area contributed by atoms with Crippen LogP contribution in [0.5, 0.6) is 0 Å². The Balaban J connectivity index is 2.08. The molecule has 1 heterocycles. The molecule has 1 aromatic carbocycles. The molecular formula is C13H14ClFN2S. The molecule has 1 aromatic heterocycles. The van der Waals surface area contributed by atoms with Gasteiger partial charge in [0.2, 0.25) is 0 Å². The number of hydrogen-bond acceptors (Lipinski definition) is 3. The van der Waals surface area contributed by atoms with E-state index in [9.17, 15) is 4.39 Å². The first-order chi connectivity index (χ1) is 8.70. The highest BCUT2D eigenvalue weighted by Crippen LogP contribution is 2.20. The molecule has 0 saturated heterocycles. The summed E-state index contributed by atoms with van der Waals surface area (Å²) in [4.78, 5) is 4.24. The lowest BCUT2D eigenvalue weighted by molar-refractivity contribution is 0.531. The van der Waals surface area contributed by atoms with Gasteiger partial charge < -0.3 is 5.32 Å². The van der Waals surface area contributed by atoms with E-state index in [-0.39, 0.29) is 16.9 Å². The zero-order valence-electron chi connectivity index (χ0n) is 9.99. The maximum atomic E-state index is 13.8. The van der Waals surface area contributed by atoms with Gasteiger partial charge in [0.1, 0.15) is 5.82 Å². The minimum Gasteiger partial charge on any atom is -0.316 e. The Bertz CT molecular complexity index is 502. The van der Waals surface area contributed by atoms with Crippen LogP contribution in [0.2, 0.25) is 5.02 Å². The maximum absolute atomic E-state index is 13.8. The Labute approximate surface area is 115 Å². The standard InChI is InChI=1S/C13H14ClFN2S/c1-16-10(8-12-17-5-6-18-12)7-9-3-2-4-11(14)13(9)15/h2-6,10,16H,7-8H2,1H3. The number of halogens is 2. The Morgan fingerprint density at radius 1 is 1.44 bits per heavy atom. The number of aromatic nitrogens is 1. The first-order valence-electron chi connectivity index (χ1n) is 5.69. The van der Waals surface area contributed by atoms with Gasteiger partial charge in [-0.2, -0.15) is 0 Å². The summed E-state index contributed by atoms with van der Waals surface area (Å²) in [5.74, 6) is -0.321. The number of benzene rings is 1. The van der Waals surface area contributed by atoms with Gasteiger partial charge in [-0.1, -0.05) is 23.7 Å². The molecule has 0 spiro atoms. The largest absolute Gasteiger partial charge is 0.316 e. The highest BCUT2D eigenvalue weighted by Gasteiger charge is 2.14. The van der Waals surface area contributed by atoms with Crippen molar-refractivity contribution in [3.8, 4) is 0 Å². The molecule has 2 nitrogen and oxygen atoms in total. The van der Waals surface area contributed by atoms with Crippen molar-refractivity contribution in [3.05, 3.63) is 51.2 Å². The van der Waals surface area contributed by atoms with Gasteiger partial charge in [0.05, 0.1) is 10.0 Å². The molecule has 5 heteroatoms. The molecule has 18 heavy (non-hydrogen) atoms. The predicted octanol–water partition coefficient (Wildman–Crippen LogP) is 3.31. The number of likely N-dealkylation sites (N-methyl/N-ethyl adjacent to an activating group) is 1. The number of nitrogens with zero attached hydrogens (tertiary/aromatic N) is 1. The molecule has 2 aromatic rings. The predicted molar refractivity (Wildman–Crippen MR) is 73.8 cm³/mol. The van der Waals surface area contributed by atoms with E-state index in [1.165, 1.54) is 0 Å². The molecule has 0 saturated carbocycles. The lowest BCUT2D eigenvalue weighted by atomic mass is 10.0. The summed E-state index contributed by atoms with van der Waals surface area (Å²) in [5, 5.41) is 6.37. The van der Waals surface area contributed by atoms with Crippen LogP contribution in [0.25, 0.3) is 0 Å². The molecular weight excluding hydrogens is 271 g/mol. The van der Waals surface area contributed by atoms with Crippen LogP contribution < -0.4 is 5.32 Å². The third-order valence-electron chi connectivity index (χ3n) is 2.81. The van der Waals surface area contributed by atoms with E-state index >= 15 is 0 Å². The number of thiazole rings is 1. The Hall–Kier alpha value is -0.970. The van der Waals surface area contributed by atoms with Gasteiger partial charge in [0, 0.05) is 24.0 Å². The normalized spacial score (nSPS) is 12.6. The summed E-state index contributed by atoms with van der Waals surface area (Å²) in [6.07, 6.45) is 3.18. The van der Waals surface area contributed by atoms with Gasteiger partial charge in [0.15, 0.2) is 0 Å². The second-order valence-electron chi connectivity index (χ2n) is 4.03. The van der Waals surface area contributed by atoms with Gasteiger partial charge in [0.25, 0.3) is 0 Å².